The van der Waals surface area contributed by atoms with Gasteiger partial charge in [-0.05, 0) is 29.9 Å². The molecule has 0 saturated heterocycles. The van der Waals surface area contributed by atoms with E-state index in [0.29, 0.717) is 5.92 Å². The summed E-state index contributed by atoms with van der Waals surface area (Å²) in [6, 6.07) is 8.33. The first-order valence-electron chi connectivity index (χ1n) is 5.67. The molecule has 0 bridgehead atoms. The monoisotopic (exact) mass is 216 g/mol. The Balaban J connectivity index is 2.33. The minimum atomic E-state index is -0.866. The van der Waals surface area contributed by atoms with Crippen LogP contribution < -0.4 is 0 Å². The Morgan fingerprint density at radius 2 is 2.19 bits per heavy atom. The number of fused-ring (bicyclic) bond motifs is 1. The normalized spacial score (nSPS) is 24.3. The molecular formula is C14H16O2. The topological polar surface area (TPSA) is 37.3 Å². The molecule has 2 rings (SSSR count). The van der Waals surface area contributed by atoms with E-state index in [-0.39, 0.29) is 5.92 Å². The molecule has 1 aliphatic rings. The van der Waals surface area contributed by atoms with E-state index in [9.17, 15) is 4.79 Å². The first kappa shape index (κ1) is 10.9. The highest BCUT2D eigenvalue weighted by atomic mass is 16.4. The van der Waals surface area contributed by atoms with E-state index >= 15 is 0 Å². The molecule has 2 atom stereocenters. The standard InChI is InChI=1S/C14H16O2/c1-10-6-7-11-4-2-3-5-13(11)12(10)8-9-14(15)16/h2-5,8-10,12H,6-7H2,1H3,(H,15,16). The number of allylic oxidation sites excluding steroid dienone is 1. The van der Waals surface area contributed by atoms with Crippen LogP contribution in [0.15, 0.2) is 36.4 Å². The molecule has 0 saturated carbocycles. The molecule has 1 aromatic rings. The maximum Gasteiger partial charge on any atom is 0.327 e. The summed E-state index contributed by atoms with van der Waals surface area (Å²) < 4.78 is 0. The van der Waals surface area contributed by atoms with Crippen LogP contribution in [0, 0.1) is 5.92 Å². The molecule has 2 heteroatoms. The van der Waals surface area contributed by atoms with E-state index in [1.165, 1.54) is 17.2 Å². The van der Waals surface area contributed by atoms with Crippen molar-refractivity contribution in [1.29, 1.82) is 0 Å². The summed E-state index contributed by atoms with van der Waals surface area (Å²) in [5.41, 5.74) is 2.65. The number of carboxylic acid groups (broad SMARTS) is 1. The third kappa shape index (κ3) is 2.16. The molecule has 0 amide bonds. The molecule has 0 heterocycles. The van der Waals surface area contributed by atoms with Gasteiger partial charge >= 0.3 is 5.97 Å². The molecule has 2 unspecified atom stereocenters. The molecule has 0 aromatic heterocycles. The molecule has 0 radical (unpaired) electrons. The van der Waals surface area contributed by atoms with Crippen molar-refractivity contribution in [1.82, 2.24) is 0 Å². The summed E-state index contributed by atoms with van der Waals surface area (Å²) in [6.07, 6.45) is 5.33. The summed E-state index contributed by atoms with van der Waals surface area (Å²) in [5.74, 6) is -0.0956. The molecule has 0 fully saturated rings. The fourth-order valence-electron chi connectivity index (χ4n) is 2.44. The third-order valence-corrected chi connectivity index (χ3v) is 3.34. The highest BCUT2D eigenvalue weighted by Crippen LogP contribution is 2.36. The Hall–Kier alpha value is -1.57. The van der Waals surface area contributed by atoms with E-state index in [4.69, 9.17) is 5.11 Å². The van der Waals surface area contributed by atoms with Gasteiger partial charge in [0.25, 0.3) is 0 Å². The predicted molar refractivity (Wildman–Crippen MR) is 63.4 cm³/mol. The second kappa shape index (κ2) is 4.52. The second-order valence-electron chi connectivity index (χ2n) is 4.44. The predicted octanol–water partition coefficient (Wildman–Crippen LogP) is 2.99. The largest absolute Gasteiger partial charge is 0.478 e. The molecule has 0 aliphatic heterocycles. The van der Waals surface area contributed by atoms with Gasteiger partial charge in [-0.25, -0.2) is 4.79 Å². The van der Waals surface area contributed by atoms with Crippen molar-refractivity contribution in [3.05, 3.63) is 47.5 Å². The minimum absolute atomic E-state index is 0.251. The number of aryl methyl sites for hydroxylation is 1. The van der Waals surface area contributed by atoms with Crippen molar-refractivity contribution in [2.75, 3.05) is 0 Å². The first-order valence-corrected chi connectivity index (χ1v) is 5.67. The molecule has 0 spiro atoms. The summed E-state index contributed by atoms with van der Waals surface area (Å²) >= 11 is 0. The lowest BCUT2D eigenvalue weighted by molar-refractivity contribution is -0.131. The highest BCUT2D eigenvalue weighted by molar-refractivity contribution is 5.79. The van der Waals surface area contributed by atoms with Crippen molar-refractivity contribution in [3.63, 3.8) is 0 Å². The zero-order valence-electron chi connectivity index (χ0n) is 9.39. The van der Waals surface area contributed by atoms with Crippen LogP contribution in [0.1, 0.15) is 30.4 Å². The zero-order chi connectivity index (χ0) is 11.5. The van der Waals surface area contributed by atoms with Crippen LogP contribution in [0.5, 0.6) is 0 Å². The van der Waals surface area contributed by atoms with Gasteiger partial charge in [-0.2, -0.15) is 0 Å². The third-order valence-electron chi connectivity index (χ3n) is 3.34. The Morgan fingerprint density at radius 1 is 1.44 bits per heavy atom. The quantitative estimate of drug-likeness (QED) is 0.772. The van der Waals surface area contributed by atoms with Crippen LogP contribution in [-0.2, 0) is 11.2 Å². The highest BCUT2D eigenvalue weighted by Gasteiger charge is 2.23. The van der Waals surface area contributed by atoms with Crippen molar-refractivity contribution < 1.29 is 9.90 Å². The van der Waals surface area contributed by atoms with Gasteiger partial charge in [-0.1, -0.05) is 37.3 Å². The van der Waals surface area contributed by atoms with Crippen LogP contribution >= 0.6 is 0 Å². The lowest BCUT2D eigenvalue weighted by atomic mass is 9.76. The van der Waals surface area contributed by atoms with Crippen molar-refractivity contribution in [2.24, 2.45) is 5.92 Å². The minimum Gasteiger partial charge on any atom is -0.478 e. The van der Waals surface area contributed by atoms with Gasteiger partial charge in [0, 0.05) is 12.0 Å². The van der Waals surface area contributed by atoms with Crippen LogP contribution in [0.25, 0.3) is 0 Å². The maximum absolute atomic E-state index is 10.6. The van der Waals surface area contributed by atoms with Gasteiger partial charge in [-0.3, -0.25) is 0 Å². The summed E-state index contributed by atoms with van der Waals surface area (Å²) in [4.78, 5) is 10.6. The number of hydrogen-bond donors (Lipinski definition) is 1. The summed E-state index contributed by atoms with van der Waals surface area (Å²) in [6.45, 7) is 2.19. The van der Waals surface area contributed by atoms with Gasteiger partial charge in [0.1, 0.15) is 0 Å². The Labute approximate surface area is 95.6 Å². The Bertz CT molecular complexity index is 420. The molecule has 1 N–H and O–H groups in total. The molecular weight excluding hydrogens is 200 g/mol. The van der Waals surface area contributed by atoms with Crippen LogP contribution in [0.4, 0.5) is 0 Å². The number of benzene rings is 1. The van der Waals surface area contributed by atoms with E-state index in [0.717, 1.165) is 12.8 Å². The smallest absolute Gasteiger partial charge is 0.327 e. The molecule has 1 aromatic carbocycles. The molecule has 84 valence electrons. The van der Waals surface area contributed by atoms with E-state index in [2.05, 4.69) is 19.1 Å². The van der Waals surface area contributed by atoms with Gasteiger partial charge in [0.15, 0.2) is 0 Å². The first-order chi connectivity index (χ1) is 7.68. The number of rotatable bonds is 2. The number of carbonyl (C=O) groups is 1. The Morgan fingerprint density at radius 3 is 2.94 bits per heavy atom. The fourth-order valence-corrected chi connectivity index (χ4v) is 2.44. The van der Waals surface area contributed by atoms with Crippen molar-refractivity contribution in [2.45, 2.75) is 25.7 Å². The van der Waals surface area contributed by atoms with Crippen LogP contribution in [0.2, 0.25) is 0 Å². The SMILES string of the molecule is CC1CCc2ccccc2C1C=CC(=O)O. The number of hydrogen-bond acceptors (Lipinski definition) is 1. The lowest BCUT2D eigenvalue weighted by Gasteiger charge is -2.29. The van der Waals surface area contributed by atoms with E-state index in [1.54, 1.807) is 0 Å². The van der Waals surface area contributed by atoms with Gasteiger partial charge < -0.3 is 5.11 Å². The number of aliphatic carboxylic acids is 1. The summed E-state index contributed by atoms with van der Waals surface area (Å²) in [5, 5.41) is 8.69. The number of carboxylic acids is 1. The van der Waals surface area contributed by atoms with Crippen molar-refractivity contribution >= 4 is 5.97 Å². The van der Waals surface area contributed by atoms with Gasteiger partial charge in [-0.15, -0.1) is 0 Å². The van der Waals surface area contributed by atoms with E-state index < -0.39 is 5.97 Å². The van der Waals surface area contributed by atoms with E-state index in [1.807, 2.05) is 18.2 Å². The summed E-state index contributed by atoms with van der Waals surface area (Å²) in [7, 11) is 0. The Kier molecular flexibility index (Phi) is 3.09. The maximum atomic E-state index is 10.6. The second-order valence-corrected chi connectivity index (χ2v) is 4.44. The zero-order valence-corrected chi connectivity index (χ0v) is 9.39. The molecule has 2 nitrogen and oxygen atoms in total. The average Bonchev–Trinajstić information content (AvgIpc) is 2.27. The van der Waals surface area contributed by atoms with Crippen LogP contribution in [-0.4, -0.2) is 11.1 Å². The van der Waals surface area contributed by atoms with Gasteiger partial charge in [0.05, 0.1) is 0 Å². The van der Waals surface area contributed by atoms with Crippen molar-refractivity contribution in [3.8, 4) is 0 Å². The van der Waals surface area contributed by atoms with Gasteiger partial charge in [0.2, 0.25) is 0 Å². The molecule has 16 heavy (non-hydrogen) atoms. The van der Waals surface area contributed by atoms with Crippen LogP contribution in [0.3, 0.4) is 0 Å². The molecule has 1 aliphatic carbocycles. The lowest BCUT2D eigenvalue weighted by Crippen LogP contribution is -2.16. The fraction of sp³-hybridized carbons (Fsp3) is 0.357. The average molecular weight is 216 g/mol.